The van der Waals surface area contributed by atoms with Crippen molar-refractivity contribution in [3.8, 4) is 0 Å². The fraction of sp³-hybridized carbons (Fsp3) is 0.385. The summed E-state index contributed by atoms with van der Waals surface area (Å²) in [4.78, 5) is 27.2. The van der Waals surface area contributed by atoms with Crippen molar-refractivity contribution in [1.82, 2.24) is 9.47 Å². The van der Waals surface area contributed by atoms with Crippen molar-refractivity contribution in [3.05, 3.63) is 71.2 Å². The van der Waals surface area contributed by atoms with Gasteiger partial charge in [-0.1, -0.05) is 30.3 Å². The fourth-order valence-corrected chi connectivity index (χ4v) is 5.49. The summed E-state index contributed by atoms with van der Waals surface area (Å²) in [5.41, 5.74) is 3.37. The Bertz CT molecular complexity index is 1190. The standard InChI is InChI=1S/C26H27FN2O3/c1-2-28(25(32)26(13-14-26)17-7-9-18(27)10-8-17)19-11-12-23-21(15-24(30)31)20-5-3-4-6-22(20)29(23)16-19/h3-10,19H,2,11-16H2,1H3,(H,30,31)/t19-/m1/s1. The Morgan fingerprint density at radius 3 is 2.53 bits per heavy atom. The largest absolute Gasteiger partial charge is 0.481 e. The van der Waals surface area contributed by atoms with Gasteiger partial charge in [0.1, 0.15) is 5.82 Å². The number of hydrogen-bond donors (Lipinski definition) is 1. The Hall–Kier alpha value is -3.15. The number of carbonyl (C=O) groups excluding carboxylic acids is 1. The monoisotopic (exact) mass is 434 g/mol. The van der Waals surface area contributed by atoms with Crippen LogP contribution in [0, 0.1) is 5.82 Å². The number of halogens is 1. The molecule has 1 N–H and O–H groups in total. The van der Waals surface area contributed by atoms with Gasteiger partial charge in [0.15, 0.2) is 0 Å². The lowest BCUT2D eigenvalue weighted by atomic mass is 9.92. The molecule has 1 atom stereocenters. The molecular weight excluding hydrogens is 407 g/mol. The Morgan fingerprint density at radius 1 is 1.16 bits per heavy atom. The minimum atomic E-state index is -0.827. The lowest BCUT2D eigenvalue weighted by molar-refractivity contribution is -0.137. The first kappa shape index (κ1) is 20.7. The number of nitrogens with zero attached hydrogens (tertiary/aromatic N) is 2. The molecule has 1 amide bonds. The molecule has 1 aromatic heterocycles. The normalized spacial score (nSPS) is 18.9. The van der Waals surface area contributed by atoms with Crippen LogP contribution in [0.25, 0.3) is 10.9 Å². The second-order valence-corrected chi connectivity index (χ2v) is 9.00. The van der Waals surface area contributed by atoms with Gasteiger partial charge in [0.2, 0.25) is 5.91 Å². The predicted molar refractivity (Wildman–Crippen MR) is 120 cm³/mol. The maximum Gasteiger partial charge on any atom is 0.307 e. The van der Waals surface area contributed by atoms with E-state index in [1.54, 1.807) is 12.1 Å². The van der Waals surface area contributed by atoms with Crippen molar-refractivity contribution in [3.63, 3.8) is 0 Å². The summed E-state index contributed by atoms with van der Waals surface area (Å²) in [5.74, 6) is -0.991. The lowest BCUT2D eigenvalue weighted by Gasteiger charge is -2.37. The number of fused-ring (bicyclic) bond motifs is 3. The summed E-state index contributed by atoms with van der Waals surface area (Å²) >= 11 is 0. The molecule has 1 fully saturated rings. The molecular formula is C26H27FN2O3. The molecule has 1 saturated carbocycles. The number of carboxylic acids is 1. The number of hydrogen-bond acceptors (Lipinski definition) is 2. The van der Waals surface area contributed by atoms with Crippen molar-refractivity contribution in [1.29, 1.82) is 0 Å². The number of para-hydroxylation sites is 1. The summed E-state index contributed by atoms with van der Waals surface area (Å²) in [7, 11) is 0. The molecule has 0 saturated heterocycles. The first-order valence-corrected chi connectivity index (χ1v) is 11.3. The molecule has 6 heteroatoms. The second-order valence-electron chi connectivity index (χ2n) is 9.00. The first-order valence-electron chi connectivity index (χ1n) is 11.3. The van der Waals surface area contributed by atoms with Crippen LogP contribution >= 0.6 is 0 Å². The highest BCUT2D eigenvalue weighted by atomic mass is 19.1. The number of likely N-dealkylation sites (N-methyl/N-ethyl adjacent to an activating group) is 1. The molecule has 2 aliphatic rings. The van der Waals surface area contributed by atoms with Crippen LogP contribution in [-0.2, 0) is 34.4 Å². The maximum absolute atomic E-state index is 13.7. The van der Waals surface area contributed by atoms with Crippen LogP contribution in [0.1, 0.15) is 43.0 Å². The van der Waals surface area contributed by atoms with Crippen molar-refractivity contribution in [2.45, 2.75) is 57.0 Å². The zero-order valence-electron chi connectivity index (χ0n) is 18.2. The van der Waals surface area contributed by atoms with E-state index in [4.69, 9.17) is 0 Å². The molecule has 0 bridgehead atoms. The number of benzene rings is 2. The molecule has 0 spiro atoms. The van der Waals surface area contributed by atoms with Crippen LogP contribution in [0.2, 0.25) is 0 Å². The zero-order chi connectivity index (χ0) is 22.5. The van der Waals surface area contributed by atoms with E-state index in [9.17, 15) is 19.1 Å². The van der Waals surface area contributed by atoms with E-state index >= 15 is 0 Å². The van der Waals surface area contributed by atoms with Crippen molar-refractivity contribution >= 4 is 22.8 Å². The molecule has 2 aromatic carbocycles. The van der Waals surface area contributed by atoms with E-state index in [0.29, 0.717) is 13.1 Å². The van der Waals surface area contributed by atoms with Gasteiger partial charge in [0.25, 0.3) is 0 Å². The van der Waals surface area contributed by atoms with Gasteiger partial charge in [-0.25, -0.2) is 4.39 Å². The summed E-state index contributed by atoms with van der Waals surface area (Å²) in [6.45, 7) is 3.29. The van der Waals surface area contributed by atoms with Crippen molar-refractivity contribution in [2.75, 3.05) is 6.54 Å². The predicted octanol–water partition coefficient (Wildman–Crippen LogP) is 4.30. The third-order valence-corrected chi connectivity index (χ3v) is 7.23. The molecule has 166 valence electrons. The summed E-state index contributed by atoms with van der Waals surface area (Å²) in [5, 5.41) is 10.4. The number of aliphatic carboxylic acids is 1. The van der Waals surface area contributed by atoms with Crippen LogP contribution in [0.4, 0.5) is 4.39 Å². The SMILES string of the molecule is CCN(C(=O)C1(c2ccc(F)cc2)CC1)[C@@H]1CCc2c(CC(=O)O)c3ccccc3n2C1. The van der Waals surface area contributed by atoms with Gasteiger partial charge >= 0.3 is 5.97 Å². The van der Waals surface area contributed by atoms with Gasteiger partial charge in [-0.05, 0) is 61.9 Å². The number of carboxylic acid groups (broad SMARTS) is 1. The smallest absolute Gasteiger partial charge is 0.307 e. The molecule has 5 nitrogen and oxygen atoms in total. The van der Waals surface area contributed by atoms with Crippen LogP contribution in [0.5, 0.6) is 0 Å². The van der Waals surface area contributed by atoms with Gasteiger partial charge in [-0.2, -0.15) is 0 Å². The van der Waals surface area contributed by atoms with Crippen LogP contribution in [-0.4, -0.2) is 39.0 Å². The third-order valence-electron chi connectivity index (χ3n) is 7.23. The van der Waals surface area contributed by atoms with E-state index in [-0.39, 0.29) is 24.2 Å². The molecule has 32 heavy (non-hydrogen) atoms. The zero-order valence-corrected chi connectivity index (χ0v) is 18.2. The number of carbonyl (C=O) groups is 2. The lowest BCUT2D eigenvalue weighted by Crippen LogP contribution is -2.49. The molecule has 3 aromatic rings. The van der Waals surface area contributed by atoms with E-state index in [0.717, 1.165) is 53.4 Å². The average Bonchev–Trinajstić information content (AvgIpc) is 3.55. The van der Waals surface area contributed by atoms with E-state index < -0.39 is 11.4 Å². The highest BCUT2D eigenvalue weighted by molar-refractivity contribution is 5.92. The first-order chi connectivity index (χ1) is 15.4. The number of aromatic nitrogens is 1. The van der Waals surface area contributed by atoms with Crippen molar-refractivity contribution < 1.29 is 19.1 Å². The molecule has 1 aliphatic heterocycles. The molecule has 1 aliphatic carbocycles. The van der Waals surface area contributed by atoms with Gasteiger partial charge in [-0.15, -0.1) is 0 Å². The van der Waals surface area contributed by atoms with E-state index in [1.807, 2.05) is 36.1 Å². The highest BCUT2D eigenvalue weighted by Crippen LogP contribution is 2.50. The van der Waals surface area contributed by atoms with E-state index in [1.165, 1.54) is 12.1 Å². The second kappa shape index (κ2) is 7.76. The quantitative estimate of drug-likeness (QED) is 0.629. The summed E-state index contributed by atoms with van der Waals surface area (Å²) < 4.78 is 15.6. The Kier molecular flexibility index (Phi) is 5.03. The summed E-state index contributed by atoms with van der Waals surface area (Å²) in [6.07, 6.45) is 3.15. The Morgan fingerprint density at radius 2 is 1.88 bits per heavy atom. The van der Waals surface area contributed by atoms with Gasteiger partial charge in [-0.3, -0.25) is 9.59 Å². The average molecular weight is 435 g/mol. The van der Waals surface area contributed by atoms with Crippen LogP contribution < -0.4 is 0 Å². The summed E-state index contributed by atoms with van der Waals surface area (Å²) in [6, 6.07) is 14.3. The topological polar surface area (TPSA) is 62.5 Å². The van der Waals surface area contributed by atoms with Gasteiger partial charge in [0.05, 0.1) is 11.8 Å². The highest BCUT2D eigenvalue weighted by Gasteiger charge is 2.53. The van der Waals surface area contributed by atoms with Crippen LogP contribution in [0.15, 0.2) is 48.5 Å². The van der Waals surface area contributed by atoms with Gasteiger partial charge in [0, 0.05) is 35.7 Å². The van der Waals surface area contributed by atoms with Gasteiger partial charge < -0.3 is 14.6 Å². The fourth-order valence-electron chi connectivity index (χ4n) is 5.49. The van der Waals surface area contributed by atoms with Crippen molar-refractivity contribution in [2.24, 2.45) is 0 Å². The third kappa shape index (κ3) is 3.29. The Balaban J connectivity index is 1.46. The number of amides is 1. The minimum Gasteiger partial charge on any atom is -0.481 e. The molecule has 2 heterocycles. The maximum atomic E-state index is 13.7. The Labute approximate surface area is 186 Å². The van der Waals surface area contributed by atoms with Crippen LogP contribution in [0.3, 0.4) is 0 Å². The number of rotatable bonds is 6. The molecule has 0 unspecified atom stereocenters. The van der Waals surface area contributed by atoms with E-state index in [2.05, 4.69) is 4.57 Å². The molecule has 0 radical (unpaired) electrons. The minimum absolute atomic E-state index is 0.0115. The molecule has 5 rings (SSSR count).